The molecule has 0 fully saturated rings. The fraction of sp³-hybridized carbons (Fsp3) is 0.0952. The highest BCUT2D eigenvalue weighted by Crippen LogP contribution is 2.49. The summed E-state index contributed by atoms with van der Waals surface area (Å²) in [5.41, 5.74) is 2.58. The zero-order valence-corrected chi connectivity index (χ0v) is 15.1. The van der Waals surface area contributed by atoms with Crippen LogP contribution in [0.5, 0.6) is 0 Å². The lowest BCUT2D eigenvalue weighted by Gasteiger charge is -2.32. The van der Waals surface area contributed by atoms with Crippen LogP contribution in [-0.2, 0) is 4.79 Å². The first kappa shape index (κ1) is 15.9. The van der Waals surface area contributed by atoms with E-state index in [0.717, 1.165) is 22.0 Å². The Morgan fingerprint density at radius 2 is 1.48 bits per heavy atom. The quantitative estimate of drug-likeness (QED) is 0.728. The molecule has 0 radical (unpaired) electrons. The van der Waals surface area contributed by atoms with E-state index in [2.05, 4.69) is 35.3 Å². The summed E-state index contributed by atoms with van der Waals surface area (Å²) in [7, 11) is 0. The van der Waals surface area contributed by atoms with Crippen molar-refractivity contribution in [1.82, 2.24) is 4.98 Å². The van der Waals surface area contributed by atoms with Gasteiger partial charge in [-0.1, -0.05) is 60.7 Å². The van der Waals surface area contributed by atoms with E-state index in [-0.39, 0.29) is 5.78 Å². The van der Waals surface area contributed by atoms with Gasteiger partial charge in [-0.3, -0.25) is 4.79 Å². The van der Waals surface area contributed by atoms with Gasteiger partial charge in [0.25, 0.3) is 0 Å². The number of carbonyl (C=O) groups is 1. The first-order valence-electron chi connectivity index (χ1n) is 8.28. The largest absolute Gasteiger partial charge is 0.360 e. The third kappa shape index (κ3) is 2.27. The fourth-order valence-corrected chi connectivity index (χ4v) is 8.07. The van der Waals surface area contributed by atoms with Gasteiger partial charge in [0.15, 0.2) is 5.78 Å². The normalized spacial score (nSPS) is 15.4. The summed E-state index contributed by atoms with van der Waals surface area (Å²) in [6, 6.07) is 22.8. The number of carbonyl (C=O) groups excluding carboxylic acids is 1. The van der Waals surface area contributed by atoms with Gasteiger partial charge >= 0.3 is 0 Å². The lowest BCUT2D eigenvalue weighted by molar-refractivity contribution is -0.110. The van der Waals surface area contributed by atoms with E-state index in [4.69, 9.17) is 4.99 Å². The zero-order chi connectivity index (χ0) is 17.4. The number of Topliss-reactive ketones (excluding diaryl/α,β-unsaturated/α-hetero) is 1. The minimum Gasteiger partial charge on any atom is -0.360 e. The summed E-state index contributed by atoms with van der Waals surface area (Å²) < 4.78 is 0. The summed E-state index contributed by atoms with van der Waals surface area (Å²) in [4.78, 5) is 20.8. The summed E-state index contributed by atoms with van der Waals surface area (Å²) in [6.07, 6.45) is 1.95. The molecule has 0 atom stereocenters. The topological polar surface area (TPSA) is 45.2 Å². The van der Waals surface area contributed by atoms with E-state index in [1.165, 1.54) is 5.30 Å². The van der Waals surface area contributed by atoms with E-state index in [1.807, 2.05) is 49.5 Å². The van der Waals surface area contributed by atoms with Gasteiger partial charge in [0.2, 0.25) is 0 Å². The van der Waals surface area contributed by atoms with E-state index < -0.39 is 6.89 Å². The smallest absolute Gasteiger partial charge is 0.179 e. The Hall–Kier alpha value is -2.64. The van der Waals surface area contributed by atoms with E-state index in [1.54, 1.807) is 6.92 Å². The molecule has 2 aromatic carbocycles. The van der Waals surface area contributed by atoms with Crippen LogP contribution >= 0.6 is 6.89 Å². The molecule has 0 aliphatic carbocycles. The SMILES string of the molecule is CC(=O)C1=P(c2ccccc2)(c2ccccc2)c2cc[nH]c2C(C)=N1. The summed E-state index contributed by atoms with van der Waals surface area (Å²) >= 11 is 0. The van der Waals surface area contributed by atoms with Crippen LogP contribution in [0.15, 0.2) is 77.9 Å². The van der Waals surface area contributed by atoms with Crippen molar-refractivity contribution < 1.29 is 4.79 Å². The van der Waals surface area contributed by atoms with Gasteiger partial charge < -0.3 is 4.98 Å². The third-order valence-electron chi connectivity index (χ3n) is 4.64. The highest BCUT2D eigenvalue weighted by Gasteiger charge is 2.37. The van der Waals surface area contributed by atoms with Crippen molar-refractivity contribution in [2.45, 2.75) is 13.8 Å². The van der Waals surface area contributed by atoms with Crippen molar-refractivity contribution in [3.8, 4) is 0 Å². The van der Waals surface area contributed by atoms with Crippen molar-refractivity contribution >= 4 is 39.7 Å². The standard InChI is InChI=1S/C21H19N2OP/c1-15-20-19(13-14-22-20)25(21(23-15)16(2)24,17-9-5-3-6-10-17)18-11-7-4-8-12-18/h3-14,22H,1-2H3. The van der Waals surface area contributed by atoms with Gasteiger partial charge in [-0.2, -0.15) is 0 Å². The monoisotopic (exact) mass is 346 g/mol. The lowest BCUT2D eigenvalue weighted by Crippen LogP contribution is -2.37. The molecular weight excluding hydrogens is 327 g/mol. The molecule has 0 unspecified atom stereocenters. The predicted molar refractivity (Wildman–Crippen MR) is 107 cm³/mol. The molecule has 25 heavy (non-hydrogen) atoms. The molecule has 3 aromatic rings. The van der Waals surface area contributed by atoms with Crippen molar-refractivity contribution in [2.24, 2.45) is 4.99 Å². The number of H-pyrrole nitrogens is 1. The van der Waals surface area contributed by atoms with Gasteiger partial charge in [0.05, 0.1) is 11.4 Å². The third-order valence-corrected chi connectivity index (χ3v) is 8.93. The molecule has 0 saturated heterocycles. The maximum absolute atomic E-state index is 12.7. The van der Waals surface area contributed by atoms with Crippen molar-refractivity contribution in [1.29, 1.82) is 0 Å². The number of aromatic amines is 1. The Morgan fingerprint density at radius 1 is 0.920 bits per heavy atom. The van der Waals surface area contributed by atoms with Crippen LogP contribution in [0.1, 0.15) is 19.5 Å². The van der Waals surface area contributed by atoms with Crippen molar-refractivity contribution in [3.05, 3.63) is 78.6 Å². The van der Waals surface area contributed by atoms with Crippen molar-refractivity contribution in [3.63, 3.8) is 0 Å². The second-order valence-electron chi connectivity index (χ2n) is 6.16. The summed E-state index contributed by atoms with van der Waals surface area (Å²) in [6.45, 7) is 1.30. The van der Waals surface area contributed by atoms with E-state index in [0.29, 0.717) is 5.42 Å². The van der Waals surface area contributed by atoms with Gasteiger partial charge in [-0.15, -0.1) is 0 Å². The fourth-order valence-electron chi connectivity index (χ4n) is 3.62. The molecule has 1 N–H and O–H groups in total. The molecule has 1 aliphatic rings. The number of nitrogens with one attached hydrogen (secondary N) is 1. The average Bonchev–Trinajstić information content (AvgIpc) is 3.14. The number of aromatic nitrogens is 1. The highest BCUT2D eigenvalue weighted by atomic mass is 31.2. The van der Waals surface area contributed by atoms with Crippen LogP contribution in [-0.4, -0.2) is 21.9 Å². The summed E-state index contributed by atoms with van der Waals surface area (Å²) in [5.74, 6) is 0.0345. The van der Waals surface area contributed by atoms with E-state index in [9.17, 15) is 4.79 Å². The van der Waals surface area contributed by atoms with Gasteiger partial charge in [-0.05, 0) is 23.6 Å². The molecule has 124 valence electrons. The second-order valence-corrected chi connectivity index (χ2v) is 9.44. The molecule has 4 rings (SSSR count). The van der Waals surface area contributed by atoms with Gasteiger partial charge in [-0.25, -0.2) is 4.99 Å². The number of ketones is 1. The number of aliphatic imine (C=N–C) groups is 1. The molecule has 0 spiro atoms. The van der Waals surface area contributed by atoms with Crippen LogP contribution in [0.25, 0.3) is 0 Å². The molecular formula is C21H19N2OP. The minimum absolute atomic E-state index is 0.0345. The van der Waals surface area contributed by atoms with Crippen LogP contribution in [0.2, 0.25) is 0 Å². The number of hydrogen-bond acceptors (Lipinski definition) is 2. The number of nitrogens with zero attached hydrogens (tertiary/aromatic N) is 1. The number of benzene rings is 2. The van der Waals surface area contributed by atoms with Crippen molar-refractivity contribution in [2.75, 3.05) is 0 Å². The van der Waals surface area contributed by atoms with E-state index >= 15 is 0 Å². The molecule has 3 nitrogen and oxygen atoms in total. The Bertz CT molecular complexity index is 987. The number of hydrogen-bond donors (Lipinski definition) is 1. The van der Waals surface area contributed by atoms with Gasteiger partial charge in [0.1, 0.15) is 5.42 Å². The molecule has 4 heteroatoms. The maximum atomic E-state index is 12.7. The Labute approximate surface area is 147 Å². The van der Waals surface area contributed by atoms with Gasteiger partial charge in [0, 0.05) is 25.3 Å². The second kappa shape index (κ2) is 6.02. The molecule has 2 heterocycles. The highest BCUT2D eigenvalue weighted by molar-refractivity contribution is 7.96. The molecule has 1 aliphatic heterocycles. The molecule has 0 bridgehead atoms. The lowest BCUT2D eigenvalue weighted by atomic mass is 10.3. The van der Waals surface area contributed by atoms with Crippen LogP contribution < -0.4 is 15.9 Å². The first-order valence-corrected chi connectivity index (χ1v) is 10.1. The predicted octanol–water partition coefficient (Wildman–Crippen LogP) is 2.85. The molecule has 1 aromatic heterocycles. The maximum Gasteiger partial charge on any atom is 0.179 e. The van der Waals surface area contributed by atoms with Crippen LogP contribution in [0.4, 0.5) is 0 Å². The minimum atomic E-state index is -2.29. The molecule has 0 saturated carbocycles. The average molecular weight is 346 g/mol. The number of fused-ring (bicyclic) bond motifs is 1. The Balaban J connectivity index is 2.28. The summed E-state index contributed by atoms with van der Waals surface area (Å²) in [5, 5.41) is 3.50. The zero-order valence-electron chi connectivity index (χ0n) is 14.2. The number of rotatable bonds is 3. The Morgan fingerprint density at radius 3 is 2.00 bits per heavy atom. The van der Waals surface area contributed by atoms with Crippen LogP contribution in [0, 0.1) is 0 Å². The first-order chi connectivity index (χ1) is 12.2. The van der Waals surface area contributed by atoms with Crippen LogP contribution in [0.3, 0.4) is 0 Å². The molecule has 0 amide bonds. The Kier molecular flexibility index (Phi) is 3.82.